The summed E-state index contributed by atoms with van der Waals surface area (Å²) in [6, 6.07) is 17.8. The lowest BCUT2D eigenvalue weighted by molar-refractivity contribution is -0.113. The fourth-order valence-corrected chi connectivity index (χ4v) is 4.94. The van der Waals surface area contributed by atoms with Crippen LogP contribution in [0.1, 0.15) is 36.6 Å². The lowest BCUT2D eigenvalue weighted by atomic mass is 9.94. The predicted octanol–water partition coefficient (Wildman–Crippen LogP) is 6.19. The van der Waals surface area contributed by atoms with Crippen molar-refractivity contribution in [2.75, 3.05) is 17.2 Å². The van der Waals surface area contributed by atoms with Crippen LogP contribution in [0.15, 0.2) is 71.9 Å². The summed E-state index contributed by atoms with van der Waals surface area (Å²) in [5.41, 5.74) is 4.26. The van der Waals surface area contributed by atoms with Crippen LogP contribution in [0.25, 0.3) is 0 Å². The molecule has 0 radical (unpaired) electrons. The summed E-state index contributed by atoms with van der Waals surface area (Å²) in [7, 11) is 0. The van der Waals surface area contributed by atoms with Gasteiger partial charge in [0.25, 0.3) is 5.91 Å². The summed E-state index contributed by atoms with van der Waals surface area (Å²) in [4.78, 5) is 13.6. The Morgan fingerprint density at radius 2 is 1.79 bits per heavy atom. The second-order valence-corrected chi connectivity index (χ2v) is 9.78. The van der Waals surface area contributed by atoms with Crippen molar-refractivity contribution in [1.29, 1.82) is 0 Å². The molecule has 9 nitrogen and oxygen atoms in total. The maximum Gasteiger partial charge on any atom is 0.255 e. The third-order valence-electron chi connectivity index (χ3n) is 6.25. The SMILES string of the molecule is CCOc1cc(C2C(C(=O)Nc3cccc(C)c3)=C(C)Nc3nnnn32)ccc1OCc1c(Cl)cccc1Cl. The Balaban J connectivity index is 1.50. The molecule has 0 spiro atoms. The predicted molar refractivity (Wildman–Crippen MR) is 150 cm³/mol. The fourth-order valence-electron chi connectivity index (χ4n) is 4.44. The van der Waals surface area contributed by atoms with Crippen molar-refractivity contribution in [2.24, 2.45) is 0 Å². The lowest BCUT2D eigenvalue weighted by Crippen LogP contribution is -2.31. The Kier molecular flexibility index (Phi) is 7.72. The van der Waals surface area contributed by atoms with E-state index in [-0.39, 0.29) is 12.5 Å². The number of nitrogens with one attached hydrogen (secondary N) is 2. The molecule has 1 unspecified atom stereocenters. The average Bonchev–Trinajstić information content (AvgIpc) is 3.36. The van der Waals surface area contributed by atoms with E-state index in [0.29, 0.717) is 56.6 Å². The minimum absolute atomic E-state index is 0.158. The van der Waals surface area contributed by atoms with Crippen LogP contribution in [0.2, 0.25) is 10.0 Å². The van der Waals surface area contributed by atoms with E-state index in [1.165, 1.54) is 0 Å². The van der Waals surface area contributed by atoms with Gasteiger partial charge in [-0.05, 0) is 78.7 Å². The van der Waals surface area contributed by atoms with Gasteiger partial charge in [0.05, 0.1) is 12.2 Å². The van der Waals surface area contributed by atoms with Crippen molar-refractivity contribution < 1.29 is 14.3 Å². The molecule has 0 fully saturated rings. The van der Waals surface area contributed by atoms with Gasteiger partial charge in [0, 0.05) is 27.0 Å². The molecule has 2 heterocycles. The Bertz CT molecular complexity index is 1550. The van der Waals surface area contributed by atoms with Gasteiger partial charge in [-0.15, -0.1) is 0 Å². The summed E-state index contributed by atoms with van der Waals surface area (Å²) < 4.78 is 13.6. The van der Waals surface area contributed by atoms with Gasteiger partial charge >= 0.3 is 0 Å². The molecule has 0 saturated carbocycles. The van der Waals surface area contributed by atoms with Crippen molar-refractivity contribution in [3.8, 4) is 11.5 Å². The topological polar surface area (TPSA) is 103 Å². The first-order chi connectivity index (χ1) is 18.9. The van der Waals surface area contributed by atoms with Crippen LogP contribution < -0.4 is 20.1 Å². The molecule has 4 aromatic rings. The molecule has 1 atom stereocenters. The van der Waals surface area contributed by atoms with Crippen LogP contribution in [0.4, 0.5) is 11.6 Å². The van der Waals surface area contributed by atoms with Gasteiger partial charge in [0.2, 0.25) is 5.95 Å². The summed E-state index contributed by atoms with van der Waals surface area (Å²) in [6.07, 6.45) is 0. The Morgan fingerprint density at radius 1 is 1.03 bits per heavy atom. The normalized spacial score (nSPS) is 14.4. The molecule has 3 aromatic carbocycles. The number of amides is 1. The number of tetrazole rings is 1. The van der Waals surface area contributed by atoms with Gasteiger partial charge in [0.1, 0.15) is 12.6 Å². The molecule has 1 aromatic heterocycles. The number of ether oxygens (including phenoxy) is 2. The number of rotatable bonds is 8. The molecule has 200 valence electrons. The second kappa shape index (κ2) is 11.3. The number of halogens is 2. The van der Waals surface area contributed by atoms with Crippen LogP contribution in [0.5, 0.6) is 11.5 Å². The molecule has 39 heavy (non-hydrogen) atoms. The first-order valence-corrected chi connectivity index (χ1v) is 13.1. The Morgan fingerprint density at radius 3 is 2.54 bits per heavy atom. The van der Waals surface area contributed by atoms with E-state index in [1.807, 2.05) is 57.2 Å². The molecule has 1 aliphatic heterocycles. The molecular weight excluding hydrogens is 539 g/mol. The van der Waals surface area contributed by atoms with Gasteiger partial charge in [-0.1, -0.05) is 52.6 Å². The maximum atomic E-state index is 13.6. The average molecular weight is 565 g/mol. The molecule has 0 aliphatic carbocycles. The highest BCUT2D eigenvalue weighted by Gasteiger charge is 2.34. The van der Waals surface area contributed by atoms with Crippen molar-refractivity contribution in [1.82, 2.24) is 20.2 Å². The van der Waals surface area contributed by atoms with Crippen molar-refractivity contribution in [3.63, 3.8) is 0 Å². The first kappa shape index (κ1) is 26.5. The zero-order valence-electron chi connectivity index (χ0n) is 21.5. The number of nitrogens with zero attached hydrogens (tertiary/aromatic N) is 4. The molecule has 5 rings (SSSR count). The molecule has 0 saturated heterocycles. The van der Waals surface area contributed by atoms with E-state index in [4.69, 9.17) is 32.7 Å². The number of anilines is 2. The van der Waals surface area contributed by atoms with Crippen LogP contribution in [-0.2, 0) is 11.4 Å². The minimum atomic E-state index is -0.618. The smallest absolute Gasteiger partial charge is 0.255 e. The van der Waals surface area contributed by atoms with Crippen molar-refractivity contribution >= 4 is 40.7 Å². The maximum absolute atomic E-state index is 13.6. The summed E-state index contributed by atoms with van der Waals surface area (Å²) in [5.74, 6) is 1.16. The number of hydrogen-bond acceptors (Lipinski definition) is 7. The van der Waals surface area contributed by atoms with Crippen LogP contribution in [0.3, 0.4) is 0 Å². The van der Waals surface area contributed by atoms with Crippen LogP contribution in [0, 0.1) is 6.92 Å². The molecule has 2 N–H and O–H groups in total. The zero-order chi connectivity index (χ0) is 27.5. The summed E-state index contributed by atoms with van der Waals surface area (Å²) in [6.45, 7) is 6.24. The fraction of sp³-hybridized carbons (Fsp3) is 0.214. The number of fused-ring (bicyclic) bond motifs is 1. The quantitative estimate of drug-likeness (QED) is 0.263. The number of allylic oxidation sites excluding steroid dienone is 1. The van der Waals surface area contributed by atoms with Gasteiger partial charge < -0.3 is 20.1 Å². The van der Waals surface area contributed by atoms with Gasteiger partial charge in [-0.2, -0.15) is 4.68 Å². The highest BCUT2D eigenvalue weighted by molar-refractivity contribution is 6.35. The van der Waals surface area contributed by atoms with Gasteiger partial charge in [0.15, 0.2) is 11.5 Å². The second-order valence-electron chi connectivity index (χ2n) is 8.96. The molecular formula is C28H26Cl2N6O3. The molecule has 1 amide bonds. The van der Waals surface area contributed by atoms with E-state index in [2.05, 4.69) is 26.2 Å². The molecule has 1 aliphatic rings. The molecule has 11 heteroatoms. The van der Waals surface area contributed by atoms with E-state index in [9.17, 15) is 4.79 Å². The zero-order valence-corrected chi connectivity index (χ0v) is 23.0. The third-order valence-corrected chi connectivity index (χ3v) is 6.96. The number of aromatic nitrogens is 4. The minimum Gasteiger partial charge on any atom is -0.490 e. The number of carbonyl (C=O) groups is 1. The monoisotopic (exact) mass is 564 g/mol. The van der Waals surface area contributed by atoms with E-state index < -0.39 is 6.04 Å². The number of carbonyl (C=O) groups excluding carboxylic acids is 1. The first-order valence-electron chi connectivity index (χ1n) is 12.3. The summed E-state index contributed by atoms with van der Waals surface area (Å²) in [5, 5.41) is 19.2. The van der Waals surface area contributed by atoms with Gasteiger partial charge in [-0.3, -0.25) is 4.79 Å². The van der Waals surface area contributed by atoms with Gasteiger partial charge in [-0.25, -0.2) is 0 Å². The van der Waals surface area contributed by atoms with Crippen molar-refractivity contribution in [3.05, 3.63) is 98.7 Å². The standard InChI is InChI=1S/C28H26Cl2N6O3/c1-4-38-24-14-18(11-12-23(24)39-15-20-21(29)9-6-10-22(20)30)26-25(17(3)31-28-33-34-35-36(26)28)27(37)32-19-8-5-7-16(2)13-19/h5-14,26H,4,15H2,1-3H3,(H,32,37)(H,31,33,35). The van der Waals surface area contributed by atoms with Crippen LogP contribution in [-0.4, -0.2) is 32.7 Å². The number of aryl methyl sites for hydroxylation is 1. The number of benzene rings is 3. The van der Waals surface area contributed by atoms with E-state index >= 15 is 0 Å². The summed E-state index contributed by atoms with van der Waals surface area (Å²) >= 11 is 12.6. The van der Waals surface area contributed by atoms with Crippen molar-refractivity contribution in [2.45, 2.75) is 33.4 Å². The Labute approximate surface area is 235 Å². The number of hydrogen-bond donors (Lipinski definition) is 2. The Hall–Kier alpha value is -4.08. The largest absolute Gasteiger partial charge is 0.490 e. The van der Waals surface area contributed by atoms with E-state index in [1.54, 1.807) is 28.9 Å². The third kappa shape index (κ3) is 5.55. The lowest BCUT2D eigenvalue weighted by Gasteiger charge is -2.28. The van der Waals surface area contributed by atoms with E-state index in [0.717, 1.165) is 11.1 Å². The molecule has 0 bridgehead atoms. The highest BCUT2D eigenvalue weighted by atomic mass is 35.5. The highest BCUT2D eigenvalue weighted by Crippen LogP contribution is 2.39. The van der Waals surface area contributed by atoms with Crippen LogP contribution >= 0.6 is 23.2 Å².